The van der Waals surface area contributed by atoms with Gasteiger partial charge in [-0.1, -0.05) is 6.92 Å². The third-order valence-electron chi connectivity index (χ3n) is 4.43. The molecule has 1 aliphatic carbocycles. The van der Waals surface area contributed by atoms with Gasteiger partial charge in [-0.2, -0.15) is 0 Å². The molecule has 0 spiro atoms. The monoisotopic (exact) mass is 238 g/mol. The van der Waals surface area contributed by atoms with Crippen LogP contribution in [0.25, 0.3) is 0 Å². The van der Waals surface area contributed by atoms with E-state index in [9.17, 15) is 4.79 Å². The average molecular weight is 238 g/mol. The number of nitrogens with zero attached hydrogens (tertiary/aromatic N) is 1. The first-order chi connectivity index (χ1) is 8.15. The van der Waals surface area contributed by atoms with Crippen LogP contribution in [0.1, 0.15) is 52.4 Å². The molecule has 17 heavy (non-hydrogen) atoms. The Bertz CT molecular complexity index is 251. The molecule has 0 aromatic rings. The van der Waals surface area contributed by atoms with E-state index < -0.39 is 0 Å². The molecule has 1 saturated heterocycles. The Balaban J connectivity index is 1.69. The summed E-state index contributed by atoms with van der Waals surface area (Å²) in [7, 11) is 0. The fourth-order valence-electron chi connectivity index (χ4n) is 3.12. The lowest BCUT2D eigenvalue weighted by Crippen LogP contribution is -2.48. The van der Waals surface area contributed by atoms with Crippen molar-refractivity contribution in [2.75, 3.05) is 13.1 Å². The number of hydrogen-bond donors (Lipinski definition) is 1. The van der Waals surface area contributed by atoms with Crippen molar-refractivity contribution in [2.45, 2.75) is 64.5 Å². The quantitative estimate of drug-likeness (QED) is 0.799. The van der Waals surface area contributed by atoms with Gasteiger partial charge in [-0.05, 0) is 44.4 Å². The highest BCUT2D eigenvalue weighted by Gasteiger charge is 2.24. The Morgan fingerprint density at radius 1 is 1.00 bits per heavy atom. The van der Waals surface area contributed by atoms with Crippen molar-refractivity contribution in [1.82, 2.24) is 10.2 Å². The lowest BCUT2D eigenvalue weighted by atomic mass is 9.86. The molecule has 2 aliphatic rings. The van der Waals surface area contributed by atoms with Gasteiger partial charge in [-0.3, -0.25) is 4.79 Å². The first-order valence-corrected chi connectivity index (χ1v) is 7.16. The number of rotatable bonds is 2. The molecule has 0 unspecified atom stereocenters. The first kappa shape index (κ1) is 12.9. The van der Waals surface area contributed by atoms with Crippen LogP contribution >= 0.6 is 0 Å². The van der Waals surface area contributed by atoms with Crippen molar-refractivity contribution in [3.8, 4) is 0 Å². The van der Waals surface area contributed by atoms with Gasteiger partial charge in [0.15, 0.2) is 0 Å². The van der Waals surface area contributed by atoms with Crippen molar-refractivity contribution in [1.29, 1.82) is 0 Å². The van der Waals surface area contributed by atoms with Gasteiger partial charge >= 0.3 is 0 Å². The van der Waals surface area contributed by atoms with Gasteiger partial charge in [0.05, 0.1) is 0 Å². The number of nitrogens with one attached hydrogen (secondary N) is 1. The van der Waals surface area contributed by atoms with Gasteiger partial charge < -0.3 is 10.2 Å². The minimum Gasteiger partial charge on any atom is -0.343 e. The zero-order valence-electron chi connectivity index (χ0n) is 11.2. The zero-order valence-corrected chi connectivity index (χ0v) is 11.2. The average Bonchev–Trinajstić information content (AvgIpc) is 2.33. The molecular formula is C14H26N2O. The van der Waals surface area contributed by atoms with E-state index in [1.807, 2.05) is 4.90 Å². The van der Waals surface area contributed by atoms with Crippen LogP contribution in [0, 0.1) is 5.92 Å². The van der Waals surface area contributed by atoms with Crippen LogP contribution in [0.15, 0.2) is 0 Å². The molecule has 1 aliphatic heterocycles. The van der Waals surface area contributed by atoms with Gasteiger partial charge in [0.1, 0.15) is 0 Å². The summed E-state index contributed by atoms with van der Waals surface area (Å²) in [6.07, 6.45) is 7.70. The summed E-state index contributed by atoms with van der Waals surface area (Å²) in [5.41, 5.74) is 0. The van der Waals surface area contributed by atoms with Crippen LogP contribution in [-0.2, 0) is 4.79 Å². The third kappa shape index (κ3) is 3.70. The van der Waals surface area contributed by atoms with Crippen molar-refractivity contribution in [2.24, 2.45) is 5.92 Å². The standard InChI is InChI=1S/C14H26N2O/c1-11-3-5-13(6-4-11)15-14-7-9-16(10-8-14)12(2)17/h11,13-15H,3-10H2,1-2H3/t11-,13-. The Hall–Kier alpha value is -0.570. The van der Waals surface area contributed by atoms with Crippen molar-refractivity contribution >= 4 is 5.91 Å². The van der Waals surface area contributed by atoms with E-state index in [1.165, 1.54) is 25.7 Å². The molecule has 0 bridgehead atoms. The summed E-state index contributed by atoms with van der Waals surface area (Å²) in [6, 6.07) is 1.38. The molecule has 3 heteroatoms. The van der Waals surface area contributed by atoms with Gasteiger partial charge in [0.25, 0.3) is 0 Å². The number of likely N-dealkylation sites (tertiary alicyclic amines) is 1. The van der Waals surface area contributed by atoms with E-state index in [-0.39, 0.29) is 5.91 Å². The number of piperidine rings is 1. The fraction of sp³-hybridized carbons (Fsp3) is 0.929. The number of amides is 1. The summed E-state index contributed by atoms with van der Waals surface area (Å²) >= 11 is 0. The molecule has 3 nitrogen and oxygen atoms in total. The molecule has 2 rings (SSSR count). The maximum atomic E-state index is 11.2. The van der Waals surface area contributed by atoms with E-state index in [4.69, 9.17) is 0 Å². The molecule has 98 valence electrons. The second kappa shape index (κ2) is 5.85. The summed E-state index contributed by atoms with van der Waals surface area (Å²) in [4.78, 5) is 13.2. The van der Waals surface area contributed by atoms with Gasteiger partial charge in [0, 0.05) is 32.1 Å². The number of carbonyl (C=O) groups is 1. The van der Waals surface area contributed by atoms with Gasteiger partial charge in [0.2, 0.25) is 5.91 Å². The van der Waals surface area contributed by atoms with E-state index >= 15 is 0 Å². The number of carbonyl (C=O) groups excluding carboxylic acids is 1. The van der Waals surface area contributed by atoms with Gasteiger partial charge in [-0.15, -0.1) is 0 Å². The molecule has 0 radical (unpaired) electrons. The molecule has 1 amide bonds. The van der Waals surface area contributed by atoms with Crippen molar-refractivity contribution in [3.63, 3.8) is 0 Å². The second-order valence-corrected chi connectivity index (χ2v) is 5.90. The SMILES string of the molecule is CC(=O)N1CCC(N[C@H]2CC[C@H](C)CC2)CC1. The van der Waals surface area contributed by atoms with E-state index in [0.717, 1.165) is 37.9 Å². The maximum Gasteiger partial charge on any atom is 0.219 e. The Morgan fingerprint density at radius 2 is 1.53 bits per heavy atom. The zero-order chi connectivity index (χ0) is 12.3. The van der Waals surface area contributed by atoms with Crippen molar-refractivity contribution < 1.29 is 4.79 Å². The topological polar surface area (TPSA) is 32.3 Å². The normalized spacial score (nSPS) is 31.5. The molecule has 2 fully saturated rings. The van der Waals surface area contributed by atoms with Crippen LogP contribution in [0.2, 0.25) is 0 Å². The van der Waals surface area contributed by atoms with E-state index in [1.54, 1.807) is 6.92 Å². The molecular weight excluding hydrogens is 212 g/mol. The predicted octanol–water partition coefficient (Wildman–Crippen LogP) is 2.17. The maximum absolute atomic E-state index is 11.2. The highest BCUT2D eigenvalue weighted by atomic mass is 16.2. The number of hydrogen-bond acceptors (Lipinski definition) is 2. The lowest BCUT2D eigenvalue weighted by Gasteiger charge is -2.36. The van der Waals surface area contributed by atoms with Crippen LogP contribution in [-0.4, -0.2) is 36.0 Å². The molecule has 0 aromatic heterocycles. The smallest absolute Gasteiger partial charge is 0.219 e. The highest BCUT2D eigenvalue weighted by molar-refractivity contribution is 5.73. The summed E-state index contributed by atoms with van der Waals surface area (Å²) in [5.74, 6) is 1.16. The highest BCUT2D eigenvalue weighted by Crippen LogP contribution is 2.24. The first-order valence-electron chi connectivity index (χ1n) is 7.16. The fourth-order valence-corrected chi connectivity index (χ4v) is 3.12. The second-order valence-electron chi connectivity index (χ2n) is 5.90. The Morgan fingerprint density at radius 3 is 2.06 bits per heavy atom. The van der Waals surface area contributed by atoms with E-state index in [2.05, 4.69) is 12.2 Å². The summed E-state index contributed by atoms with van der Waals surface area (Å²) < 4.78 is 0. The molecule has 1 N–H and O–H groups in total. The largest absolute Gasteiger partial charge is 0.343 e. The Kier molecular flexibility index (Phi) is 4.43. The van der Waals surface area contributed by atoms with Crippen LogP contribution in [0.4, 0.5) is 0 Å². The summed E-state index contributed by atoms with van der Waals surface area (Å²) in [5, 5.41) is 3.80. The minimum absolute atomic E-state index is 0.231. The summed E-state index contributed by atoms with van der Waals surface area (Å²) in [6.45, 7) is 5.92. The molecule has 1 saturated carbocycles. The lowest BCUT2D eigenvalue weighted by molar-refractivity contribution is -0.129. The molecule has 0 aromatic carbocycles. The van der Waals surface area contributed by atoms with Crippen LogP contribution < -0.4 is 5.32 Å². The van der Waals surface area contributed by atoms with E-state index in [0.29, 0.717) is 6.04 Å². The minimum atomic E-state index is 0.231. The molecule has 1 heterocycles. The van der Waals surface area contributed by atoms with Crippen LogP contribution in [0.3, 0.4) is 0 Å². The van der Waals surface area contributed by atoms with Crippen LogP contribution in [0.5, 0.6) is 0 Å². The third-order valence-corrected chi connectivity index (χ3v) is 4.43. The predicted molar refractivity (Wildman–Crippen MR) is 69.8 cm³/mol. The Labute approximate surface area is 105 Å². The van der Waals surface area contributed by atoms with Crippen molar-refractivity contribution in [3.05, 3.63) is 0 Å². The van der Waals surface area contributed by atoms with Gasteiger partial charge in [-0.25, -0.2) is 0 Å². The molecule has 0 atom stereocenters.